The van der Waals surface area contributed by atoms with Crippen molar-refractivity contribution in [2.75, 3.05) is 0 Å². The van der Waals surface area contributed by atoms with Crippen LogP contribution >= 0.6 is 17.4 Å². The van der Waals surface area contributed by atoms with Gasteiger partial charge in [0.05, 0.1) is 0 Å². The van der Waals surface area contributed by atoms with Crippen LogP contribution in [0.5, 0.6) is 0 Å². The first-order chi connectivity index (χ1) is 4.84. The number of unbranched alkanes of at least 4 members (excludes halogenated alkanes) is 1. The summed E-state index contributed by atoms with van der Waals surface area (Å²) >= 11 is 0. The maximum atomic E-state index is 4.39. The molecule has 1 aromatic rings. The van der Waals surface area contributed by atoms with Gasteiger partial charge in [-0.1, -0.05) is 19.4 Å². The molecule has 1 unspecified atom stereocenters. The third kappa shape index (κ3) is 2.11. The number of hydrogen-bond donors (Lipinski definition) is 0. The lowest BCUT2D eigenvalue weighted by Crippen LogP contribution is -1.91. The van der Waals surface area contributed by atoms with E-state index in [1.807, 2.05) is 0 Å². The minimum atomic E-state index is 0.837. The fraction of sp³-hybridized carbons (Fsp3) is 0.500. The topological polar surface area (TPSA) is 0 Å². The molecule has 0 spiro atoms. The first kappa shape index (κ1) is 8.31. The Morgan fingerprint density at radius 3 is 2.90 bits per heavy atom. The molecule has 0 amide bonds. The van der Waals surface area contributed by atoms with Gasteiger partial charge in [-0.15, -0.1) is 8.19 Å². The molecule has 10 heavy (non-hydrogen) atoms. The van der Waals surface area contributed by atoms with Crippen LogP contribution in [0.4, 0.5) is 0 Å². The van der Waals surface area contributed by atoms with E-state index < -0.39 is 0 Å². The van der Waals surface area contributed by atoms with Crippen LogP contribution in [0.1, 0.15) is 25.3 Å². The molecule has 1 aromatic heterocycles. The summed E-state index contributed by atoms with van der Waals surface area (Å²) in [6.07, 6.45) is 3.80. The van der Waals surface area contributed by atoms with E-state index in [2.05, 4.69) is 28.0 Å². The van der Waals surface area contributed by atoms with Gasteiger partial charge in [0.25, 0.3) is 0 Å². The molecule has 0 N–H and O–H groups in total. The zero-order valence-electron chi connectivity index (χ0n) is 6.22. The summed E-state index contributed by atoms with van der Waals surface area (Å²) in [5, 5.41) is 1.30. The van der Waals surface area contributed by atoms with Gasteiger partial charge in [0.15, 0.2) is 0 Å². The standard InChI is InChI=1S/C8H12P2/c1-2-3-4-7-5-6-10-8(7)9/h5-6,10H,2-4H2,1H3. The summed E-state index contributed by atoms with van der Waals surface area (Å²) in [5.74, 6) is 2.22. The number of rotatable bonds is 3. The lowest BCUT2D eigenvalue weighted by molar-refractivity contribution is 0.799. The smallest absolute Gasteiger partial charge is 0.00548 e. The van der Waals surface area contributed by atoms with Crippen molar-refractivity contribution in [2.24, 2.45) is 0 Å². The highest BCUT2D eigenvalue weighted by molar-refractivity contribution is 7.51. The van der Waals surface area contributed by atoms with Gasteiger partial charge in [0.2, 0.25) is 0 Å². The molecule has 0 bridgehead atoms. The fourth-order valence-corrected chi connectivity index (χ4v) is 2.21. The summed E-state index contributed by atoms with van der Waals surface area (Å²) < 4.78 is 0. The van der Waals surface area contributed by atoms with Gasteiger partial charge in [-0.05, 0) is 33.4 Å². The third-order valence-electron chi connectivity index (χ3n) is 1.61. The molecule has 1 rings (SSSR count). The third-order valence-corrected chi connectivity index (χ3v) is 3.21. The van der Waals surface area contributed by atoms with Crippen LogP contribution in [0.25, 0.3) is 0 Å². The molecule has 0 saturated heterocycles. The molecule has 1 atom stereocenters. The van der Waals surface area contributed by atoms with Gasteiger partial charge < -0.3 is 0 Å². The largest absolute Gasteiger partial charge is 0.131 e. The molecule has 0 fully saturated rings. The van der Waals surface area contributed by atoms with Crippen molar-refractivity contribution in [3.63, 3.8) is 0 Å². The van der Waals surface area contributed by atoms with E-state index in [1.54, 1.807) is 0 Å². The Morgan fingerprint density at radius 1 is 1.60 bits per heavy atom. The van der Waals surface area contributed by atoms with Crippen LogP contribution < -0.4 is 5.04 Å². The van der Waals surface area contributed by atoms with E-state index in [4.69, 9.17) is 0 Å². The summed E-state index contributed by atoms with van der Waals surface area (Å²) in [4.78, 5) is 0. The summed E-state index contributed by atoms with van der Waals surface area (Å²) in [7, 11) is 5.23. The Morgan fingerprint density at radius 2 is 2.40 bits per heavy atom. The lowest BCUT2D eigenvalue weighted by atomic mass is 10.2. The molecule has 0 aliphatic heterocycles. The second-order valence-electron chi connectivity index (χ2n) is 2.46. The van der Waals surface area contributed by atoms with Crippen LogP contribution in [0.3, 0.4) is 0 Å². The van der Waals surface area contributed by atoms with Crippen LogP contribution in [-0.4, -0.2) is 0 Å². The van der Waals surface area contributed by atoms with Gasteiger partial charge in [0.1, 0.15) is 0 Å². The van der Waals surface area contributed by atoms with Gasteiger partial charge in [-0.2, -0.15) is 0 Å². The highest BCUT2D eigenvalue weighted by Gasteiger charge is 1.96. The minimum absolute atomic E-state index is 0.837. The highest BCUT2D eigenvalue weighted by atomic mass is 31.1. The first-order valence-corrected chi connectivity index (χ1v) is 5.22. The monoisotopic (exact) mass is 170 g/mol. The lowest BCUT2D eigenvalue weighted by Gasteiger charge is -1.95. The molecule has 0 saturated carbocycles. The molecule has 0 aromatic carbocycles. The molecular weight excluding hydrogens is 158 g/mol. The Labute approximate surface area is 66.7 Å². The average molecular weight is 170 g/mol. The minimum Gasteiger partial charge on any atom is -0.131 e. The Kier molecular flexibility index (Phi) is 3.46. The van der Waals surface area contributed by atoms with Crippen molar-refractivity contribution < 1.29 is 0 Å². The molecule has 54 valence electrons. The van der Waals surface area contributed by atoms with Crippen LogP contribution in [-0.2, 0) is 6.42 Å². The SMILES string of the molecule is CCCCc1cc[pH]c1[P]. The van der Waals surface area contributed by atoms with Crippen molar-refractivity contribution >= 4 is 22.5 Å². The van der Waals surface area contributed by atoms with Crippen LogP contribution in [0.2, 0.25) is 0 Å². The summed E-state index contributed by atoms with van der Waals surface area (Å²) in [6, 6.07) is 2.22. The highest BCUT2D eigenvalue weighted by Crippen LogP contribution is 2.14. The van der Waals surface area contributed by atoms with Crippen LogP contribution in [0.15, 0.2) is 11.9 Å². The Bertz CT molecular complexity index is 191. The quantitative estimate of drug-likeness (QED) is 0.611. The fourth-order valence-electron chi connectivity index (χ4n) is 0.962. The Hall–Kier alpha value is 0.210. The summed E-state index contributed by atoms with van der Waals surface area (Å²) in [5.41, 5.74) is 1.46. The van der Waals surface area contributed by atoms with Crippen molar-refractivity contribution in [3.8, 4) is 0 Å². The first-order valence-electron chi connectivity index (χ1n) is 3.69. The summed E-state index contributed by atoms with van der Waals surface area (Å²) in [6.45, 7) is 2.22. The molecule has 0 nitrogen and oxygen atoms in total. The van der Waals surface area contributed by atoms with E-state index in [9.17, 15) is 0 Å². The van der Waals surface area contributed by atoms with E-state index in [1.165, 1.54) is 29.9 Å². The second kappa shape index (κ2) is 4.16. The van der Waals surface area contributed by atoms with Gasteiger partial charge in [-0.3, -0.25) is 0 Å². The normalized spacial score (nSPS) is 11.0. The van der Waals surface area contributed by atoms with Crippen molar-refractivity contribution in [1.29, 1.82) is 0 Å². The van der Waals surface area contributed by atoms with Crippen molar-refractivity contribution in [3.05, 3.63) is 17.4 Å². The zero-order valence-corrected chi connectivity index (χ0v) is 8.12. The zero-order chi connectivity index (χ0) is 7.40. The molecular formula is C8H12P2. The maximum Gasteiger partial charge on any atom is 0.00548 e. The molecule has 2 heteroatoms. The predicted octanol–water partition coefficient (Wildman–Crippen LogP) is 3.10. The van der Waals surface area contributed by atoms with Gasteiger partial charge in [-0.25, -0.2) is 0 Å². The average Bonchev–Trinajstić information content (AvgIpc) is 2.31. The number of hydrogen-bond acceptors (Lipinski definition) is 0. The van der Waals surface area contributed by atoms with E-state index in [-0.39, 0.29) is 0 Å². The molecule has 0 aliphatic rings. The second-order valence-corrected chi connectivity index (χ2v) is 4.45. The van der Waals surface area contributed by atoms with E-state index >= 15 is 0 Å². The number of aryl methyl sites for hydroxylation is 1. The molecule has 0 aliphatic carbocycles. The van der Waals surface area contributed by atoms with Crippen LogP contribution in [0, 0.1) is 0 Å². The van der Waals surface area contributed by atoms with Crippen molar-refractivity contribution in [2.45, 2.75) is 26.2 Å². The van der Waals surface area contributed by atoms with Gasteiger partial charge in [0, 0.05) is 5.04 Å². The molecule has 2 radical (unpaired) electrons. The van der Waals surface area contributed by atoms with Gasteiger partial charge >= 0.3 is 0 Å². The Balaban J connectivity index is 2.49. The maximum absolute atomic E-state index is 4.39. The predicted molar refractivity (Wildman–Crippen MR) is 51.1 cm³/mol. The van der Waals surface area contributed by atoms with E-state index in [0.29, 0.717) is 0 Å². The van der Waals surface area contributed by atoms with E-state index in [0.717, 1.165) is 8.19 Å². The van der Waals surface area contributed by atoms with Crippen molar-refractivity contribution in [1.82, 2.24) is 0 Å². The molecule has 1 heterocycles.